The number of nitrogens with zero attached hydrogens (tertiary/aromatic N) is 6. The molecule has 1 unspecified atom stereocenters. The van der Waals surface area contributed by atoms with Crippen LogP contribution < -0.4 is 14.2 Å². The zero-order valence-electron chi connectivity index (χ0n) is 21.9. The van der Waals surface area contributed by atoms with Crippen LogP contribution in [0.1, 0.15) is 53.1 Å². The second kappa shape index (κ2) is 12.0. The SMILES string of the molecule is COc1nc(OC)nc(OCC(=O)N2CCC(c3nc(C4=NOC(c5c(Cl)cccc5C(F)(F)F)C4)cs3)CC2)n1. The van der Waals surface area contributed by atoms with Crippen LogP contribution in [0.25, 0.3) is 0 Å². The number of piperidine rings is 1. The van der Waals surface area contributed by atoms with Gasteiger partial charge in [-0.25, -0.2) is 4.98 Å². The Morgan fingerprint density at radius 3 is 2.44 bits per heavy atom. The highest BCUT2D eigenvalue weighted by atomic mass is 35.5. The van der Waals surface area contributed by atoms with Gasteiger partial charge in [0, 0.05) is 41.4 Å². The standard InChI is InChI=1S/C25H24ClF3N6O5S/c1-37-22-31-23(38-2)33-24(32-22)39-11-19(36)35-8-6-13(7-9-35)21-30-17(12-41-21)16-10-18(40-34-16)20-14(25(27,28)29)4-3-5-15(20)26/h3-5,12-13,18H,6-11H2,1-2H3. The van der Waals surface area contributed by atoms with Gasteiger partial charge in [-0.2, -0.15) is 13.2 Å². The Balaban J connectivity index is 1.15. The number of thiazole rings is 1. The molecule has 1 atom stereocenters. The second-order valence-corrected chi connectivity index (χ2v) is 10.4. The van der Waals surface area contributed by atoms with Gasteiger partial charge in [-0.3, -0.25) is 4.79 Å². The predicted molar refractivity (Wildman–Crippen MR) is 141 cm³/mol. The smallest absolute Gasteiger partial charge is 0.416 e. The van der Waals surface area contributed by atoms with Crippen LogP contribution in [0.5, 0.6) is 18.0 Å². The molecule has 4 heterocycles. The first kappa shape index (κ1) is 28.8. The summed E-state index contributed by atoms with van der Waals surface area (Å²) in [6.45, 7) is 0.750. The van der Waals surface area contributed by atoms with E-state index in [1.54, 1.807) is 4.90 Å². The number of oxime groups is 1. The Kier molecular flexibility index (Phi) is 8.45. The number of alkyl halides is 3. The van der Waals surface area contributed by atoms with Crippen molar-refractivity contribution in [3.63, 3.8) is 0 Å². The molecule has 1 amide bonds. The highest BCUT2D eigenvalue weighted by molar-refractivity contribution is 7.10. The summed E-state index contributed by atoms with van der Waals surface area (Å²) in [7, 11) is 2.78. The van der Waals surface area contributed by atoms with Gasteiger partial charge in [0.1, 0.15) is 5.71 Å². The fraction of sp³-hybridized carbons (Fsp3) is 0.440. The monoisotopic (exact) mass is 612 g/mol. The quantitative estimate of drug-likeness (QED) is 0.357. The Hall–Kier alpha value is -3.72. The molecule has 0 bridgehead atoms. The van der Waals surface area contributed by atoms with Gasteiger partial charge in [-0.15, -0.1) is 26.3 Å². The average Bonchev–Trinajstić information content (AvgIpc) is 3.65. The van der Waals surface area contributed by atoms with E-state index in [0.717, 1.165) is 11.1 Å². The minimum atomic E-state index is -4.57. The van der Waals surface area contributed by atoms with Crippen molar-refractivity contribution in [3.8, 4) is 18.0 Å². The minimum absolute atomic E-state index is 0.00324. The number of hydrogen-bond donors (Lipinski definition) is 0. The molecular formula is C25H24ClF3N6O5S. The number of benzene rings is 1. The highest BCUT2D eigenvalue weighted by Crippen LogP contribution is 2.42. The first-order chi connectivity index (χ1) is 19.7. The van der Waals surface area contributed by atoms with Crippen LogP contribution in [-0.4, -0.2) is 70.4 Å². The highest BCUT2D eigenvalue weighted by Gasteiger charge is 2.39. The van der Waals surface area contributed by atoms with Crippen LogP contribution in [0.3, 0.4) is 0 Å². The number of likely N-dealkylation sites (tertiary alicyclic amines) is 1. The van der Waals surface area contributed by atoms with Crippen molar-refractivity contribution < 1.29 is 37.0 Å². The summed E-state index contributed by atoms with van der Waals surface area (Å²) in [6, 6.07) is 3.56. The van der Waals surface area contributed by atoms with Gasteiger partial charge in [-0.1, -0.05) is 22.8 Å². The number of halogens is 4. The molecule has 2 aliphatic rings. The molecule has 2 aliphatic heterocycles. The first-order valence-electron chi connectivity index (χ1n) is 12.4. The summed E-state index contributed by atoms with van der Waals surface area (Å²) in [5.41, 5.74) is 0.0423. The van der Waals surface area contributed by atoms with E-state index in [-0.39, 0.29) is 53.5 Å². The molecule has 5 rings (SSSR count). The van der Waals surface area contributed by atoms with E-state index in [2.05, 4.69) is 20.1 Å². The maximum Gasteiger partial charge on any atom is 0.416 e. The Labute approximate surface area is 241 Å². The number of carbonyl (C=O) groups excluding carboxylic acids is 1. The van der Waals surface area contributed by atoms with E-state index < -0.39 is 17.8 Å². The lowest BCUT2D eigenvalue weighted by Crippen LogP contribution is -2.40. The number of carbonyl (C=O) groups is 1. The fourth-order valence-corrected chi connectivity index (χ4v) is 5.86. The maximum atomic E-state index is 13.6. The van der Waals surface area contributed by atoms with E-state index >= 15 is 0 Å². The van der Waals surface area contributed by atoms with Gasteiger partial charge in [0.2, 0.25) is 0 Å². The topological polar surface area (TPSA) is 121 Å². The molecule has 16 heteroatoms. The van der Waals surface area contributed by atoms with Gasteiger partial charge < -0.3 is 23.9 Å². The molecule has 41 heavy (non-hydrogen) atoms. The van der Waals surface area contributed by atoms with Gasteiger partial charge in [0.05, 0.1) is 30.5 Å². The van der Waals surface area contributed by atoms with Gasteiger partial charge in [-0.05, 0) is 25.0 Å². The molecule has 0 aliphatic carbocycles. The summed E-state index contributed by atoms with van der Waals surface area (Å²) >= 11 is 7.57. The molecule has 3 aromatic rings. The molecule has 11 nitrogen and oxygen atoms in total. The van der Waals surface area contributed by atoms with Gasteiger partial charge in [0.15, 0.2) is 12.7 Å². The number of hydrogen-bond acceptors (Lipinski definition) is 11. The van der Waals surface area contributed by atoms with Crippen LogP contribution in [-0.2, 0) is 15.8 Å². The number of ether oxygens (including phenoxy) is 3. The number of aromatic nitrogens is 4. The molecule has 1 fully saturated rings. The fourth-order valence-electron chi connectivity index (χ4n) is 4.56. The van der Waals surface area contributed by atoms with E-state index in [4.69, 9.17) is 35.6 Å². The summed E-state index contributed by atoms with van der Waals surface area (Å²) < 4.78 is 56.0. The van der Waals surface area contributed by atoms with E-state index in [9.17, 15) is 18.0 Å². The third-order valence-electron chi connectivity index (χ3n) is 6.63. The molecule has 0 radical (unpaired) electrons. The third-order valence-corrected chi connectivity index (χ3v) is 7.96. The van der Waals surface area contributed by atoms with Crippen molar-refractivity contribution in [1.82, 2.24) is 24.8 Å². The molecule has 218 valence electrons. The molecule has 2 aromatic heterocycles. The maximum absolute atomic E-state index is 13.6. The van der Waals surface area contributed by atoms with Crippen LogP contribution in [0.2, 0.25) is 5.02 Å². The third kappa shape index (κ3) is 6.45. The summed E-state index contributed by atoms with van der Waals surface area (Å²) in [6.07, 6.45) is -4.05. The predicted octanol–water partition coefficient (Wildman–Crippen LogP) is 4.67. The van der Waals surface area contributed by atoms with Crippen molar-refractivity contribution in [2.24, 2.45) is 5.16 Å². The average molecular weight is 613 g/mol. The van der Waals surface area contributed by atoms with Crippen molar-refractivity contribution >= 4 is 34.6 Å². The Bertz CT molecular complexity index is 1430. The van der Waals surface area contributed by atoms with Crippen LogP contribution in [0.15, 0.2) is 28.7 Å². The largest absolute Gasteiger partial charge is 0.467 e. The lowest BCUT2D eigenvalue weighted by molar-refractivity contribution is -0.139. The van der Waals surface area contributed by atoms with Gasteiger partial charge in [0.25, 0.3) is 5.91 Å². The Morgan fingerprint density at radius 2 is 1.78 bits per heavy atom. The van der Waals surface area contributed by atoms with Gasteiger partial charge >= 0.3 is 24.2 Å². The zero-order chi connectivity index (χ0) is 29.1. The zero-order valence-corrected chi connectivity index (χ0v) is 23.4. The normalized spacial score (nSPS) is 17.7. The van der Waals surface area contributed by atoms with Crippen LogP contribution in [0.4, 0.5) is 13.2 Å². The molecule has 1 saturated heterocycles. The summed E-state index contributed by atoms with van der Waals surface area (Å²) in [5.74, 6) is -0.0992. The minimum Gasteiger partial charge on any atom is -0.467 e. The molecule has 1 aromatic carbocycles. The number of methoxy groups -OCH3 is 2. The van der Waals surface area contributed by atoms with Crippen molar-refractivity contribution in [2.75, 3.05) is 33.9 Å². The number of rotatable bonds is 8. The lowest BCUT2D eigenvalue weighted by atomic mass is 9.97. The lowest BCUT2D eigenvalue weighted by Gasteiger charge is -2.31. The van der Waals surface area contributed by atoms with Crippen LogP contribution in [0, 0.1) is 0 Å². The second-order valence-electron chi connectivity index (χ2n) is 9.14. The molecular weight excluding hydrogens is 589 g/mol. The van der Waals surface area contributed by atoms with Crippen molar-refractivity contribution in [3.05, 3.63) is 50.4 Å². The van der Waals surface area contributed by atoms with E-state index in [1.807, 2.05) is 5.38 Å². The van der Waals surface area contributed by atoms with Crippen molar-refractivity contribution in [1.29, 1.82) is 0 Å². The van der Waals surface area contributed by atoms with E-state index in [0.29, 0.717) is 37.3 Å². The van der Waals surface area contributed by atoms with E-state index in [1.165, 1.54) is 37.7 Å². The first-order valence-corrected chi connectivity index (χ1v) is 13.7. The molecule has 0 saturated carbocycles. The summed E-state index contributed by atoms with van der Waals surface area (Å²) in [5, 5.41) is 6.69. The number of amides is 1. The molecule has 0 N–H and O–H groups in total. The van der Waals surface area contributed by atoms with Crippen LogP contribution >= 0.6 is 22.9 Å². The molecule has 0 spiro atoms. The Morgan fingerprint density at radius 1 is 1.10 bits per heavy atom. The summed E-state index contributed by atoms with van der Waals surface area (Å²) in [4.78, 5) is 36.2. The van der Waals surface area contributed by atoms with Crippen molar-refractivity contribution in [2.45, 2.75) is 37.5 Å².